The number of nitrogens with one attached hydrogen (secondary N) is 1. The van der Waals surface area contributed by atoms with Gasteiger partial charge in [-0.3, -0.25) is 4.79 Å². The highest BCUT2D eigenvalue weighted by atomic mass is 35.5. The van der Waals surface area contributed by atoms with Gasteiger partial charge in [-0.05, 0) is 26.0 Å². The van der Waals surface area contributed by atoms with Crippen molar-refractivity contribution in [3.05, 3.63) is 39.9 Å². The Morgan fingerprint density at radius 1 is 1.31 bits per heavy atom. The van der Waals surface area contributed by atoms with Gasteiger partial charge in [-0.25, -0.2) is 9.78 Å². The Balaban J connectivity index is 1.63. The summed E-state index contributed by atoms with van der Waals surface area (Å²) in [6.07, 6.45) is 0. The van der Waals surface area contributed by atoms with E-state index < -0.39 is 5.97 Å². The van der Waals surface area contributed by atoms with Crippen molar-refractivity contribution < 1.29 is 14.3 Å². The quantitative estimate of drug-likeness (QED) is 0.430. The van der Waals surface area contributed by atoms with Crippen LogP contribution in [-0.4, -0.2) is 44.0 Å². The summed E-state index contributed by atoms with van der Waals surface area (Å²) in [4.78, 5) is 28.7. The van der Waals surface area contributed by atoms with Crippen molar-refractivity contribution in [2.75, 3.05) is 17.7 Å². The average molecular weight is 452 g/mol. The number of nitrogens with zero attached hydrogens (tertiary/aromatic N) is 4. The van der Waals surface area contributed by atoms with Crippen molar-refractivity contribution in [1.82, 2.24) is 19.7 Å². The smallest absolute Gasteiger partial charge is 0.350 e. The Morgan fingerprint density at radius 3 is 2.79 bits per heavy atom. The van der Waals surface area contributed by atoms with Crippen molar-refractivity contribution in [2.45, 2.75) is 19.0 Å². The summed E-state index contributed by atoms with van der Waals surface area (Å²) < 4.78 is 6.76. The van der Waals surface area contributed by atoms with E-state index in [9.17, 15) is 9.59 Å². The molecule has 1 N–H and O–H groups in total. The number of amides is 1. The molecule has 3 rings (SSSR count). The van der Waals surface area contributed by atoms with E-state index in [-0.39, 0.29) is 18.3 Å². The van der Waals surface area contributed by atoms with Crippen molar-refractivity contribution in [3.8, 4) is 11.4 Å². The molecule has 0 aliphatic rings. The molecule has 0 bridgehead atoms. The number of carbonyl (C=O) groups excluding carboxylic acids is 2. The lowest BCUT2D eigenvalue weighted by molar-refractivity contribution is -0.113. The van der Waals surface area contributed by atoms with Gasteiger partial charge in [-0.15, -0.1) is 10.2 Å². The lowest BCUT2D eigenvalue weighted by Crippen LogP contribution is -2.14. The second kappa shape index (κ2) is 9.38. The van der Waals surface area contributed by atoms with E-state index in [4.69, 9.17) is 16.3 Å². The zero-order chi connectivity index (χ0) is 21.0. The molecule has 0 radical (unpaired) electrons. The molecule has 0 atom stereocenters. The van der Waals surface area contributed by atoms with Crippen LogP contribution >= 0.6 is 34.7 Å². The van der Waals surface area contributed by atoms with Crippen LogP contribution in [0.1, 0.15) is 22.3 Å². The number of aryl methyl sites for hydroxylation is 1. The molecular formula is C18H18ClN5O3S2. The van der Waals surface area contributed by atoms with E-state index in [1.807, 2.05) is 25.2 Å². The normalized spacial score (nSPS) is 10.8. The number of halogens is 1. The second-order valence-corrected chi connectivity index (χ2v) is 8.18. The highest BCUT2D eigenvalue weighted by Crippen LogP contribution is 2.28. The number of aromatic nitrogens is 4. The van der Waals surface area contributed by atoms with Crippen LogP contribution in [0, 0.1) is 6.92 Å². The number of hydrogen-bond donors (Lipinski definition) is 1. The van der Waals surface area contributed by atoms with Gasteiger partial charge >= 0.3 is 5.97 Å². The molecule has 29 heavy (non-hydrogen) atoms. The topological polar surface area (TPSA) is 99.0 Å². The average Bonchev–Trinajstić information content (AvgIpc) is 3.23. The number of benzene rings is 1. The minimum absolute atomic E-state index is 0.113. The van der Waals surface area contributed by atoms with E-state index in [1.54, 1.807) is 24.5 Å². The van der Waals surface area contributed by atoms with Gasteiger partial charge in [0.2, 0.25) is 5.91 Å². The molecule has 1 aromatic carbocycles. The fourth-order valence-electron chi connectivity index (χ4n) is 2.44. The molecule has 3 aromatic rings. The third-order valence-electron chi connectivity index (χ3n) is 3.79. The van der Waals surface area contributed by atoms with Crippen molar-refractivity contribution in [1.29, 1.82) is 0 Å². The first-order valence-corrected chi connectivity index (χ1v) is 10.8. The van der Waals surface area contributed by atoms with Gasteiger partial charge in [-0.2, -0.15) is 0 Å². The highest BCUT2D eigenvalue weighted by molar-refractivity contribution is 7.99. The summed E-state index contributed by atoms with van der Waals surface area (Å²) in [6.45, 7) is 3.71. The fraction of sp³-hybridized carbons (Fsp3) is 0.278. The number of hydrogen-bond acceptors (Lipinski definition) is 8. The minimum Gasteiger partial charge on any atom is -0.462 e. The van der Waals surface area contributed by atoms with E-state index in [0.717, 1.165) is 16.9 Å². The maximum Gasteiger partial charge on any atom is 0.350 e. The molecule has 0 unspecified atom stereocenters. The molecule has 2 heterocycles. The minimum atomic E-state index is -0.441. The molecule has 152 valence electrons. The predicted molar refractivity (Wildman–Crippen MR) is 114 cm³/mol. The lowest BCUT2D eigenvalue weighted by atomic mass is 10.2. The number of anilines is 1. The summed E-state index contributed by atoms with van der Waals surface area (Å²) in [5.74, 6) is 0.0279. The predicted octanol–water partition coefficient (Wildman–Crippen LogP) is 3.81. The maximum atomic E-state index is 12.3. The van der Waals surface area contributed by atoms with Crippen LogP contribution in [0.3, 0.4) is 0 Å². The zero-order valence-corrected chi connectivity index (χ0v) is 18.3. The standard InChI is InChI=1S/C18H18ClN5O3S2/c1-4-27-16(26)14-10(2)20-17(29-14)21-13(25)9-28-18-23-22-15(24(18)3)11-7-5-6-8-12(11)19/h5-8H,4,9H2,1-3H3,(H,20,21,25). The van der Waals surface area contributed by atoms with Gasteiger partial charge in [-0.1, -0.05) is 46.8 Å². The monoisotopic (exact) mass is 451 g/mol. The molecule has 2 aromatic heterocycles. The summed E-state index contributed by atoms with van der Waals surface area (Å²) in [6, 6.07) is 7.36. The first kappa shape index (κ1) is 21.3. The Kier molecular flexibility index (Phi) is 6.88. The highest BCUT2D eigenvalue weighted by Gasteiger charge is 2.18. The second-order valence-electron chi connectivity index (χ2n) is 5.84. The van der Waals surface area contributed by atoms with Crippen molar-refractivity contribution in [2.24, 2.45) is 7.05 Å². The van der Waals surface area contributed by atoms with E-state index in [1.165, 1.54) is 11.8 Å². The van der Waals surface area contributed by atoms with E-state index >= 15 is 0 Å². The molecule has 8 nitrogen and oxygen atoms in total. The zero-order valence-electron chi connectivity index (χ0n) is 15.9. The molecule has 1 amide bonds. The molecule has 0 fully saturated rings. The van der Waals surface area contributed by atoms with Crippen molar-refractivity contribution in [3.63, 3.8) is 0 Å². The van der Waals surface area contributed by atoms with Gasteiger partial charge in [0, 0.05) is 12.6 Å². The van der Waals surface area contributed by atoms with Crippen LogP contribution in [-0.2, 0) is 16.6 Å². The third kappa shape index (κ3) is 4.95. The third-order valence-corrected chi connectivity index (χ3v) is 6.19. The first-order chi connectivity index (χ1) is 13.9. The molecule has 0 saturated carbocycles. The Hall–Kier alpha value is -2.43. The maximum absolute atomic E-state index is 12.3. The SMILES string of the molecule is CCOC(=O)c1sc(NC(=O)CSc2nnc(-c3ccccc3Cl)n2C)nc1C. The number of thiazole rings is 1. The lowest BCUT2D eigenvalue weighted by Gasteiger charge is -2.05. The van der Waals surface area contributed by atoms with Crippen LogP contribution in [0.2, 0.25) is 5.02 Å². The van der Waals surface area contributed by atoms with Crippen LogP contribution in [0.15, 0.2) is 29.4 Å². The largest absolute Gasteiger partial charge is 0.462 e. The molecule has 0 spiro atoms. The van der Waals surface area contributed by atoms with Gasteiger partial charge in [0.25, 0.3) is 0 Å². The van der Waals surface area contributed by atoms with E-state index in [2.05, 4.69) is 20.5 Å². The molecule has 0 saturated heterocycles. The summed E-state index contributed by atoms with van der Waals surface area (Å²) in [5, 5.41) is 12.5. The first-order valence-electron chi connectivity index (χ1n) is 8.62. The van der Waals surface area contributed by atoms with Gasteiger partial charge in [0.05, 0.1) is 23.1 Å². The molecular weight excluding hydrogens is 434 g/mol. The number of carbonyl (C=O) groups is 2. The molecule has 0 aliphatic heterocycles. The number of rotatable bonds is 7. The van der Waals surface area contributed by atoms with Crippen molar-refractivity contribution >= 4 is 51.7 Å². The number of ether oxygens (including phenoxy) is 1. The summed E-state index contributed by atoms with van der Waals surface area (Å²) in [7, 11) is 1.81. The van der Waals surface area contributed by atoms with Crippen LogP contribution in [0.25, 0.3) is 11.4 Å². The van der Waals surface area contributed by atoms with Crippen LogP contribution in [0.4, 0.5) is 5.13 Å². The Morgan fingerprint density at radius 2 is 2.07 bits per heavy atom. The molecule has 0 aliphatic carbocycles. The van der Waals surface area contributed by atoms with Crippen LogP contribution in [0.5, 0.6) is 0 Å². The summed E-state index contributed by atoms with van der Waals surface area (Å²) >= 11 is 8.55. The van der Waals surface area contributed by atoms with E-state index in [0.29, 0.717) is 31.7 Å². The number of esters is 1. The fourth-order valence-corrected chi connectivity index (χ4v) is 4.25. The van der Waals surface area contributed by atoms with Gasteiger partial charge in [0.15, 0.2) is 16.1 Å². The Labute approximate surface area is 180 Å². The summed E-state index contributed by atoms with van der Waals surface area (Å²) in [5.41, 5.74) is 1.29. The van der Waals surface area contributed by atoms with Crippen LogP contribution < -0.4 is 5.32 Å². The van der Waals surface area contributed by atoms with Gasteiger partial charge in [0.1, 0.15) is 4.88 Å². The Bertz CT molecular complexity index is 1050. The molecule has 11 heteroatoms. The number of thioether (sulfide) groups is 1. The van der Waals surface area contributed by atoms with Gasteiger partial charge < -0.3 is 14.6 Å².